The smallest absolute Gasteiger partial charge is 0.228 e. The van der Waals surface area contributed by atoms with Gasteiger partial charge in [-0.2, -0.15) is 0 Å². The summed E-state index contributed by atoms with van der Waals surface area (Å²) in [5.41, 5.74) is 1.94. The molecule has 5 heteroatoms. The lowest BCUT2D eigenvalue weighted by molar-refractivity contribution is -0.122. The van der Waals surface area contributed by atoms with Gasteiger partial charge in [-0.1, -0.05) is 18.2 Å². The average Bonchev–Trinajstić information content (AvgIpc) is 2.90. The highest BCUT2D eigenvalue weighted by molar-refractivity contribution is 5.92. The Morgan fingerprint density at radius 3 is 2.71 bits per heavy atom. The quantitative estimate of drug-likeness (QED) is 0.943. The first-order chi connectivity index (χ1) is 10.2. The highest BCUT2D eigenvalue weighted by Crippen LogP contribution is 2.20. The maximum Gasteiger partial charge on any atom is 0.228 e. The van der Waals surface area contributed by atoms with Crippen LogP contribution in [0.5, 0.6) is 0 Å². The summed E-state index contributed by atoms with van der Waals surface area (Å²) in [5.74, 6) is 0.704. The number of rotatable bonds is 3. The Bertz CT molecular complexity index is 616. The SMILES string of the molecule is Cc1cn(-c2ccccc2)nc1NC(=O)C1CCOCC1. The lowest BCUT2D eigenvalue weighted by Crippen LogP contribution is -2.28. The summed E-state index contributed by atoms with van der Waals surface area (Å²) in [6, 6.07) is 9.86. The third-order valence-electron chi connectivity index (χ3n) is 3.75. The number of aryl methyl sites for hydroxylation is 1. The van der Waals surface area contributed by atoms with E-state index in [1.54, 1.807) is 4.68 Å². The van der Waals surface area contributed by atoms with E-state index in [4.69, 9.17) is 4.74 Å². The third-order valence-corrected chi connectivity index (χ3v) is 3.75. The van der Waals surface area contributed by atoms with E-state index in [0.29, 0.717) is 19.0 Å². The van der Waals surface area contributed by atoms with Crippen LogP contribution in [0.4, 0.5) is 5.82 Å². The van der Waals surface area contributed by atoms with Crippen molar-refractivity contribution < 1.29 is 9.53 Å². The van der Waals surface area contributed by atoms with Crippen LogP contribution in [0.15, 0.2) is 36.5 Å². The van der Waals surface area contributed by atoms with Crippen molar-refractivity contribution in [2.75, 3.05) is 18.5 Å². The van der Waals surface area contributed by atoms with E-state index in [1.807, 2.05) is 43.5 Å². The summed E-state index contributed by atoms with van der Waals surface area (Å²) in [6.45, 7) is 3.27. The number of para-hydroxylation sites is 1. The molecule has 0 atom stereocenters. The van der Waals surface area contributed by atoms with E-state index in [2.05, 4.69) is 10.4 Å². The van der Waals surface area contributed by atoms with Crippen molar-refractivity contribution >= 4 is 11.7 Å². The molecule has 1 aliphatic rings. The summed E-state index contributed by atoms with van der Waals surface area (Å²) >= 11 is 0. The molecule has 3 rings (SSSR count). The molecule has 1 N–H and O–H groups in total. The molecule has 0 aliphatic carbocycles. The lowest BCUT2D eigenvalue weighted by atomic mass is 9.99. The number of hydrogen-bond donors (Lipinski definition) is 1. The zero-order valence-corrected chi connectivity index (χ0v) is 12.1. The zero-order chi connectivity index (χ0) is 14.7. The zero-order valence-electron chi connectivity index (χ0n) is 12.1. The fraction of sp³-hybridized carbons (Fsp3) is 0.375. The van der Waals surface area contributed by atoms with Crippen molar-refractivity contribution in [1.29, 1.82) is 0 Å². The molecular formula is C16H19N3O2. The number of nitrogens with one attached hydrogen (secondary N) is 1. The van der Waals surface area contributed by atoms with Crippen molar-refractivity contribution in [2.45, 2.75) is 19.8 Å². The molecular weight excluding hydrogens is 266 g/mol. The molecule has 1 aromatic carbocycles. The molecule has 0 saturated carbocycles. The topological polar surface area (TPSA) is 56.2 Å². The summed E-state index contributed by atoms with van der Waals surface area (Å²) in [4.78, 5) is 12.2. The summed E-state index contributed by atoms with van der Waals surface area (Å²) in [5, 5.41) is 7.41. The molecule has 0 unspecified atom stereocenters. The van der Waals surface area contributed by atoms with Crippen LogP contribution in [0.1, 0.15) is 18.4 Å². The molecule has 2 aromatic rings. The van der Waals surface area contributed by atoms with Crippen molar-refractivity contribution in [3.8, 4) is 5.69 Å². The second-order valence-corrected chi connectivity index (χ2v) is 5.32. The molecule has 0 spiro atoms. The number of carbonyl (C=O) groups excluding carboxylic acids is 1. The first kappa shape index (κ1) is 13.8. The molecule has 0 radical (unpaired) electrons. The molecule has 1 aliphatic heterocycles. The minimum absolute atomic E-state index is 0.0278. The van der Waals surface area contributed by atoms with Gasteiger partial charge in [0.05, 0.1) is 5.69 Å². The average molecular weight is 285 g/mol. The minimum atomic E-state index is 0.0278. The number of ether oxygens (including phenoxy) is 1. The van der Waals surface area contributed by atoms with Gasteiger partial charge in [-0.05, 0) is 31.9 Å². The number of aromatic nitrogens is 2. The van der Waals surface area contributed by atoms with E-state index in [0.717, 1.165) is 24.1 Å². The Labute approximate surface area is 123 Å². The van der Waals surface area contributed by atoms with Crippen LogP contribution in [0.3, 0.4) is 0 Å². The van der Waals surface area contributed by atoms with Crippen molar-refractivity contribution in [1.82, 2.24) is 9.78 Å². The molecule has 1 fully saturated rings. The minimum Gasteiger partial charge on any atom is -0.381 e. The van der Waals surface area contributed by atoms with E-state index in [1.165, 1.54) is 0 Å². The van der Waals surface area contributed by atoms with Gasteiger partial charge in [0, 0.05) is 30.9 Å². The predicted molar refractivity (Wildman–Crippen MR) is 80.5 cm³/mol. The van der Waals surface area contributed by atoms with Crippen molar-refractivity contribution in [3.63, 3.8) is 0 Å². The normalized spacial score (nSPS) is 15.9. The van der Waals surface area contributed by atoms with Gasteiger partial charge >= 0.3 is 0 Å². The van der Waals surface area contributed by atoms with E-state index in [-0.39, 0.29) is 11.8 Å². The second kappa shape index (κ2) is 6.10. The number of amides is 1. The first-order valence-corrected chi connectivity index (χ1v) is 7.24. The van der Waals surface area contributed by atoms with Crippen molar-refractivity contribution in [2.24, 2.45) is 5.92 Å². The predicted octanol–water partition coefficient (Wildman–Crippen LogP) is 2.55. The van der Waals surface area contributed by atoms with E-state index in [9.17, 15) is 4.79 Å². The molecule has 1 saturated heterocycles. The molecule has 1 aromatic heterocycles. The maximum absolute atomic E-state index is 12.2. The first-order valence-electron chi connectivity index (χ1n) is 7.24. The lowest BCUT2D eigenvalue weighted by Gasteiger charge is -2.20. The van der Waals surface area contributed by atoms with Crippen molar-refractivity contribution in [3.05, 3.63) is 42.1 Å². The molecule has 21 heavy (non-hydrogen) atoms. The molecule has 2 heterocycles. The standard InChI is InChI=1S/C16H19N3O2/c1-12-11-19(14-5-3-2-4-6-14)18-15(12)17-16(20)13-7-9-21-10-8-13/h2-6,11,13H,7-10H2,1H3,(H,17,18,20). The fourth-order valence-corrected chi connectivity index (χ4v) is 2.48. The van der Waals surface area contributed by atoms with Gasteiger partial charge in [0.2, 0.25) is 5.91 Å². The van der Waals surface area contributed by atoms with Crippen LogP contribution < -0.4 is 5.32 Å². The van der Waals surface area contributed by atoms with Gasteiger partial charge in [-0.3, -0.25) is 4.79 Å². The van der Waals surface area contributed by atoms with Crippen LogP contribution in [-0.4, -0.2) is 28.9 Å². The number of anilines is 1. The highest BCUT2D eigenvalue weighted by atomic mass is 16.5. The van der Waals surface area contributed by atoms with Crippen LogP contribution in [0, 0.1) is 12.8 Å². The second-order valence-electron chi connectivity index (χ2n) is 5.32. The Kier molecular flexibility index (Phi) is 4.01. The van der Waals surface area contributed by atoms with Gasteiger partial charge < -0.3 is 10.1 Å². The Morgan fingerprint density at radius 2 is 2.00 bits per heavy atom. The van der Waals surface area contributed by atoms with Gasteiger partial charge in [0.15, 0.2) is 5.82 Å². The maximum atomic E-state index is 12.2. The van der Waals surface area contributed by atoms with E-state index >= 15 is 0 Å². The van der Waals surface area contributed by atoms with Crippen LogP contribution in [0.25, 0.3) is 5.69 Å². The molecule has 0 bridgehead atoms. The summed E-state index contributed by atoms with van der Waals surface area (Å²) in [7, 11) is 0. The van der Waals surface area contributed by atoms with Crippen LogP contribution >= 0.6 is 0 Å². The Balaban J connectivity index is 1.74. The summed E-state index contributed by atoms with van der Waals surface area (Å²) in [6.07, 6.45) is 3.49. The molecule has 5 nitrogen and oxygen atoms in total. The molecule has 1 amide bonds. The van der Waals surface area contributed by atoms with E-state index < -0.39 is 0 Å². The number of carbonyl (C=O) groups is 1. The van der Waals surface area contributed by atoms with Crippen LogP contribution in [-0.2, 0) is 9.53 Å². The number of benzene rings is 1. The van der Waals surface area contributed by atoms with Gasteiger partial charge in [-0.15, -0.1) is 5.10 Å². The Hall–Kier alpha value is -2.14. The fourth-order valence-electron chi connectivity index (χ4n) is 2.48. The Morgan fingerprint density at radius 1 is 1.29 bits per heavy atom. The summed E-state index contributed by atoms with van der Waals surface area (Å²) < 4.78 is 7.07. The van der Waals surface area contributed by atoms with Crippen LogP contribution in [0.2, 0.25) is 0 Å². The largest absolute Gasteiger partial charge is 0.381 e. The van der Waals surface area contributed by atoms with Gasteiger partial charge in [0.25, 0.3) is 0 Å². The number of hydrogen-bond acceptors (Lipinski definition) is 3. The monoisotopic (exact) mass is 285 g/mol. The van der Waals surface area contributed by atoms with Gasteiger partial charge in [0.1, 0.15) is 0 Å². The number of nitrogens with zero attached hydrogens (tertiary/aromatic N) is 2. The molecule has 110 valence electrons. The van der Waals surface area contributed by atoms with Gasteiger partial charge in [-0.25, -0.2) is 4.68 Å². The highest BCUT2D eigenvalue weighted by Gasteiger charge is 2.22. The third kappa shape index (κ3) is 3.13.